The fourth-order valence-electron chi connectivity index (χ4n) is 3.04. The first-order valence-corrected chi connectivity index (χ1v) is 9.15. The van der Waals surface area contributed by atoms with Crippen LogP contribution in [0.5, 0.6) is 0 Å². The molecular weight excluding hydrogens is 320 g/mol. The standard InChI is InChI=1S/C19H22N2O2S/c1-13(2)18(20-17(22)12-15-7-5-11-24-15)19(23)21-10-9-14-6-3-4-8-16(14)21/h3-8,11,13,18H,9-10,12H2,1-2H3,(H,20,22)/t18-/m0/s1. The number of nitrogens with zero attached hydrogens (tertiary/aromatic N) is 1. The number of para-hydroxylation sites is 1. The number of fused-ring (bicyclic) bond motifs is 1. The lowest BCUT2D eigenvalue weighted by atomic mass is 10.0. The molecule has 1 aliphatic heterocycles. The van der Waals surface area contributed by atoms with Crippen LogP contribution in [0.25, 0.3) is 0 Å². The number of anilines is 1. The molecule has 0 aliphatic carbocycles. The predicted molar refractivity (Wildman–Crippen MR) is 97.3 cm³/mol. The Hall–Kier alpha value is -2.14. The third-order valence-corrected chi connectivity index (χ3v) is 5.19. The van der Waals surface area contributed by atoms with E-state index in [1.54, 1.807) is 11.3 Å². The zero-order valence-electron chi connectivity index (χ0n) is 14.0. The maximum Gasteiger partial charge on any atom is 0.249 e. The topological polar surface area (TPSA) is 49.4 Å². The van der Waals surface area contributed by atoms with Crippen molar-refractivity contribution in [2.24, 2.45) is 5.92 Å². The number of thiophene rings is 1. The molecule has 0 radical (unpaired) electrons. The number of benzene rings is 1. The summed E-state index contributed by atoms with van der Waals surface area (Å²) in [5.74, 6) is -0.0796. The van der Waals surface area contributed by atoms with Crippen LogP contribution >= 0.6 is 11.3 Å². The number of hydrogen-bond acceptors (Lipinski definition) is 3. The molecule has 1 N–H and O–H groups in total. The Morgan fingerprint density at radius 3 is 2.71 bits per heavy atom. The molecule has 0 saturated carbocycles. The Bertz CT molecular complexity index is 725. The Kier molecular flexibility index (Phi) is 5.00. The number of amides is 2. The molecule has 3 rings (SSSR count). The Balaban J connectivity index is 1.71. The highest BCUT2D eigenvalue weighted by Crippen LogP contribution is 2.28. The normalized spacial score (nSPS) is 14.5. The lowest BCUT2D eigenvalue weighted by Crippen LogP contribution is -2.51. The van der Waals surface area contributed by atoms with Gasteiger partial charge in [0.2, 0.25) is 11.8 Å². The van der Waals surface area contributed by atoms with Crippen molar-refractivity contribution >= 4 is 28.8 Å². The molecule has 126 valence electrons. The Morgan fingerprint density at radius 2 is 2.00 bits per heavy atom. The fourth-order valence-corrected chi connectivity index (χ4v) is 3.75. The van der Waals surface area contributed by atoms with Crippen LogP contribution in [-0.4, -0.2) is 24.4 Å². The summed E-state index contributed by atoms with van der Waals surface area (Å²) in [4.78, 5) is 28.1. The quantitative estimate of drug-likeness (QED) is 0.908. The van der Waals surface area contributed by atoms with Gasteiger partial charge in [-0.2, -0.15) is 0 Å². The van der Waals surface area contributed by atoms with Gasteiger partial charge in [-0.3, -0.25) is 9.59 Å². The molecule has 0 spiro atoms. The zero-order chi connectivity index (χ0) is 17.1. The molecule has 24 heavy (non-hydrogen) atoms. The molecule has 1 atom stereocenters. The van der Waals surface area contributed by atoms with Crippen LogP contribution in [0.2, 0.25) is 0 Å². The van der Waals surface area contributed by atoms with Crippen LogP contribution < -0.4 is 10.2 Å². The van der Waals surface area contributed by atoms with E-state index in [-0.39, 0.29) is 17.7 Å². The van der Waals surface area contributed by atoms with Crippen LogP contribution in [0, 0.1) is 5.92 Å². The summed E-state index contributed by atoms with van der Waals surface area (Å²) < 4.78 is 0. The van der Waals surface area contributed by atoms with Gasteiger partial charge in [-0.1, -0.05) is 38.1 Å². The highest BCUT2D eigenvalue weighted by molar-refractivity contribution is 7.10. The van der Waals surface area contributed by atoms with Gasteiger partial charge in [0.15, 0.2) is 0 Å². The minimum atomic E-state index is -0.497. The third-order valence-electron chi connectivity index (χ3n) is 4.32. The van der Waals surface area contributed by atoms with E-state index in [0.29, 0.717) is 13.0 Å². The van der Waals surface area contributed by atoms with Gasteiger partial charge in [-0.25, -0.2) is 0 Å². The lowest BCUT2D eigenvalue weighted by Gasteiger charge is -2.27. The predicted octanol–water partition coefficient (Wildman–Crippen LogP) is 3.02. The van der Waals surface area contributed by atoms with Crippen molar-refractivity contribution < 1.29 is 9.59 Å². The zero-order valence-corrected chi connectivity index (χ0v) is 14.8. The first-order valence-electron chi connectivity index (χ1n) is 8.27. The van der Waals surface area contributed by atoms with Crippen LogP contribution in [0.3, 0.4) is 0 Å². The van der Waals surface area contributed by atoms with E-state index >= 15 is 0 Å². The van der Waals surface area contributed by atoms with Crippen LogP contribution in [0.4, 0.5) is 5.69 Å². The minimum absolute atomic E-state index is 0.0190. The first-order chi connectivity index (χ1) is 11.6. The maximum atomic E-state index is 13.0. The SMILES string of the molecule is CC(C)[C@H](NC(=O)Cc1cccs1)C(=O)N1CCc2ccccc21. The van der Waals surface area contributed by atoms with Crippen molar-refractivity contribution in [3.05, 3.63) is 52.2 Å². The monoisotopic (exact) mass is 342 g/mol. The molecule has 0 bridgehead atoms. The second kappa shape index (κ2) is 7.18. The van der Waals surface area contributed by atoms with Gasteiger partial charge < -0.3 is 10.2 Å². The number of carbonyl (C=O) groups is 2. The number of rotatable bonds is 5. The molecule has 1 aromatic carbocycles. The number of nitrogens with one attached hydrogen (secondary N) is 1. The van der Waals surface area contributed by atoms with Gasteiger partial charge >= 0.3 is 0 Å². The van der Waals surface area contributed by atoms with Gasteiger partial charge in [0.05, 0.1) is 6.42 Å². The smallest absolute Gasteiger partial charge is 0.249 e. The molecule has 0 unspecified atom stereocenters. The average Bonchev–Trinajstić information content (AvgIpc) is 3.21. The summed E-state index contributed by atoms with van der Waals surface area (Å²) in [6, 6.07) is 11.4. The Labute approximate surface area is 146 Å². The molecular formula is C19H22N2O2S. The van der Waals surface area contributed by atoms with Crippen molar-refractivity contribution in [2.75, 3.05) is 11.4 Å². The van der Waals surface area contributed by atoms with Crippen LogP contribution in [0.15, 0.2) is 41.8 Å². The molecule has 2 aromatic rings. The molecule has 0 saturated heterocycles. The van der Waals surface area contributed by atoms with Crippen molar-refractivity contribution in [1.29, 1.82) is 0 Å². The molecule has 5 heteroatoms. The summed E-state index contributed by atoms with van der Waals surface area (Å²) in [6.45, 7) is 4.62. The highest BCUT2D eigenvalue weighted by Gasteiger charge is 2.32. The number of carbonyl (C=O) groups excluding carboxylic acids is 2. The second-order valence-electron chi connectivity index (χ2n) is 6.41. The van der Waals surface area contributed by atoms with E-state index in [4.69, 9.17) is 0 Å². The minimum Gasteiger partial charge on any atom is -0.344 e. The van der Waals surface area contributed by atoms with Gasteiger partial charge in [-0.05, 0) is 35.4 Å². The van der Waals surface area contributed by atoms with Gasteiger partial charge in [0.1, 0.15) is 6.04 Å². The molecule has 2 heterocycles. The summed E-state index contributed by atoms with van der Waals surface area (Å²) in [5.41, 5.74) is 2.17. The molecule has 1 aromatic heterocycles. The summed E-state index contributed by atoms with van der Waals surface area (Å²) in [7, 11) is 0. The second-order valence-corrected chi connectivity index (χ2v) is 7.45. The van der Waals surface area contributed by atoms with Crippen LogP contribution in [-0.2, 0) is 22.4 Å². The maximum absolute atomic E-state index is 13.0. The van der Waals surface area contributed by atoms with Crippen molar-refractivity contribution in [1.82, 2.24) is 5.32 Å². The van der Waals surface area contributed by atoms with Crippen molar-refractivity contribution in [3.8, 4) is 0 Å². The molecule has 1 aliphatic rings. The van der Waals surface area contributed by atoms with Gasteiger partial charge in [0.25, 0.3) is 0 Å². The Morgan fingerprint density at radius 1 is 1.21 bits per heavy atom. The van der Waals surface area contributed by atoms with E-state index in [0.717, 1.165) is 17.0 Å². The lowest BCUT2D eigenvalue weighted by molar-refractivity contribution is -0.128. The van der Waals surface area contributed by atoms with Crippen molar-refractivity contribution in [3.63, 3.8) is 0 Å². The van der Waals surface area contributed by atoms with E-state index in [1.165, 1.54) is 5.56 Å². The van der Waals surface area contributed by atoms with Gasteiger partial charge in [0, 0.05) is 17.1 Å². The molecule has 0 fully saturated rings. The fraction of sp³-hybridized carbons (Fsp3) is 0.368. The average molecular weight is 342 g/mol. The largest absolute Gasteiger partial charge is 0.344 e. The van der Waals surface area contributed by atoms with E-state index in [1.807, 2.05) is 54.5 Å². The first kappa shape index (κ1) is 16.7. The number of hydrogen-bond donors (Lipinski definition) is 1. The van der Waals surface area contributed by atoms with E-state index in [2.05, 4.69) is 11.4 Å². The third kappa shape index (κ3) is 3.51. The summed E-state index contributed by atoms with van der Waals surface area (Å²) in [5, 5.41) is 4.89. The molecule has 4 nitrogen and oxygen atoms in total. The van der Waals surface area contributed by atoms with E-state index in [9.17, 15) is 9.59 Å². The van der Waals surface area contributed by atoms with Crippen molar-refractivity contribution in [2.45, 2.75) is 32.7 Å². The van der Waals surface area contributed by atoms with E-state index < -0.39 is 6.04 Å². The summed E-state index contributed by atoms with van der Waals surface area (Å²) >= 11 is 1.55. The summed E-state index contributed by atoms with van der Waals surface area (Å²) in [6.07, 6.45) is 1.20. The van der Waals surface area contributed by atoms with Gasteiger partial charge in [-0.15, -0.1) is 11.3 Å². The highest BCUT2D eigenvalue weighted by atomic mass is 32.1. The molecule has 2 amide bonds. The van der Waals surface area contributed by atoms with Crippen LogP contribution in [0.1, 0.15) is 24.3 Å².